The van der Waals surface area contributed by atoms with Gasteiger partial charge in [-0.2, -0.15) is 13.2 Å². The Balaban J connectivity index is 2.54. The van der Waals surface area contributed by atoms with Crippen molar-refractivity contribution < 1.29 is 27.4 Å². The lowest BCUT2D eigenvalue weighted by atomic mass is 10.1. The molecule has 0 fully saturated rings. The lowest BCUT2D eigenvalue weighted by Crippen LogP contribution is -2.27. The van der Waals surface area contributed by atoms with Crippen LogP contribution in [0.25, 0.3) is 11.3 Å². The highest BCUT2D eigenvalue weighted by Crippen LogP contribution is 2.38. The van der Waals surface area contributed by atoms with Crippen molar-refractivity contribution in [2.24, 2.45) is 0 Å². The zero-order valence-electron chi connectivity index (χ0n) is 14.1. The van der Waals surface area contributed by atoms with Crippen LogP contribution in [0, 0.1) is 0 Å². The van der Waals surface area contributed by atoms with Gasteiger partial charge in [0.25, 0.3) is 0 Å². The Morgan fingerprint density at radius 2 is 1.80 bits per heavy atom. The van der Waals surface area contributed by atoms with Crippen LogP contribution in [0.4, 0.5) is 18.0 Å². The molecule has 2 aromatic rings. The fourth-order valence-corrected chi connectivity index (χ4v) is 2.60. The minimum absolute atomic E-state index is 0.00485. The molecular weight excluding hydrogens is 403 g/mol. The van der Waals surface area contributed by atoms with Crippen molar-refractivity contribution in [1.29, 1.82) is 0 Å². The van der Waals surface area contributed by atoms with Crippen LogP contribution in [-0.4, -0.2) is 23.4 Å². The number of hydrogen-bond acceptors (Lipinski definition) is 3. The van der Waals surface area contributed by atoms with Crippen molar-refractivity contribution in [2.75, 3.05) is 7.11 Å². The van der Waals surface area contributed by atoms with E-state index >= 15 is 0 Å². The summed E-state index contributed by atoms with van der Waals surface area (Å²) in [6, 6.07) is 4.72. The molecule has 0 N–H and O–H groups in total. The van der Waals surface area contributed by atoms with Crippen molar-refractivity contribution in [3.05, 3.63) is 40.5 Å². The molecule has 1 aromatic carbocycles. The summed E-state index contributed by atoms with van der Waals surface area (Å²) in [5.41, 5.74) is -0.851. The quantitative estimate of drug-likeness (QED) is 0.623. The molecule has 0 aliphatic rings. The van der Waals surface area contributed by atoms with E-state index in [-0.39, 0.29) is 5.75 Å². The Morgan fingerprint density at radius 3 is 2.32 bits per heavy atom. The van der Waals surface area contributed by atoms with E-state index in [9.17, 15) is 18.0 Å². The number of hydrogen-bond donors (Lipinski definition) is 0. The van der Waals surface area contributed by atoms with Crippen LogP contribution in [0.2, 0.25) is 0 Å². The number of aromatic nitrogens is 1. The van der Waals surface area contributed by atoms with Crippen molar-refractivity contribution in [1.82, 2.24) is 4.57 Å². The SMILES string of the molecule is COc1cc(C(F)(F)F)ccc1-c1cc(Br)cn1C(=O)OC(C)(C)C. The van der Waals surface area contributed by atoms with Crippen LogP contribution >= 0.6 is 15.9 Å². The van der Waals surface area contributed by atoms with Crippen LogP contribution in [-0.2, 0) is 10.9 Å². The molecule has 1 aromatic heterocycles. The van der Waals surface area contributed by atoms with E-state index in [0.29, 0.717) is 15.7 Å². The normalized spacial score (nSPS) is 12.2. The predicted octanol–water partition coefficient (Wildman–Crippen LogP) is 5.73. The molecule has 0 bridgehead atoms. The Morgan fingerprint density at radius 1 is 1.16 bits per heavy atom. The number of halogens is 4. The van der Waals surface area contributed by atoms with Gasteiger partial charge in [0.2, 0.25) is 0 Å². The van der Waals surface area contributed by atoms with Gasteiger partial charge >= 0.3 is 12.3 Å². The monoisotopic (exact) mass is 419 g/mol. The molecule has 1 heterocycles. The summed E-state index contributed by atoms with van der Waals surface area (Å²) in [7, 11) is 1.27. The Hall–Kier alpha value is -1.96. The zero-order chi connectivity index (χ0) is 19.0. The molecule has 0 atom stereocenters. The fourth-order valence-electron chi connectivity index (χ4n) is 2.18. The number of carbonyl (C=O) groups is 1. The number of nitrogens with zero attached hydrogens (tertiary/aromatic N) is 1. The maximum Gasteiger partial charge on any atom is 0.419 e. The Kier molecular flexibility index (Phi) is 5.22. The van der Waals surface area contributed by atoms with Crippen LogP contribution in [0.5, 0.6) is 5.75 Å². The molecule has 8 heteroatoms. The molecular formula is C17H17BrF3NO3. The summed E-state index contributed by atoms with van der Waals surface area (Å²) >= 11 is 3.27. The van der Waals surface area contributed by atoms with Gasteiger partial charge in [-0.1, -0.05) is 0 Å². The molecule has 136 valence electrons. The minimum atomic E-state index is -4.49. The average molecular weight is 420 g/mol. The summed E-state index contributed by atoms with van der Waals surface area (Å²) in [6.07, 6.45) is -3.64. The predicted molar refractivity (Wildman–Crippen MR) is 90.8 cm³/mol. The van der Waals surface area contributed by atoms with Gasteiger partial charge in [0.05, 0.1) is 18.4 Å². The van der Waals surface area contributed by atoms with E-state index in [1.54, 1.807) is 26.8 Å². The van der Waals surface area contributed by atoms with Gasteiger partial charge in [0.1, 0.15) is 11.4 Å². The molecule has 0 saturated carbocycles. The second-order valence-corrected chi connectivity index (χ2v) is 7.22. The topological polar surface area (TPSA) is 40.5 Å². The van der Waals surface area contributed by atoms with E-state index in [2.05, 4.69) is 15.9 Å². The number of benzene rings is 1. The van der Waals surface area contributed by atoms with Crippen LogP contribution in [0.1, 0.15) is 26.3 Å². The van der Waals surface area contributed by atoms with E-state index < -0.39 is 23.4 Å². The second kappa shape index (κ2) is 6.74. The number of rotatable bonds is 2. The summed E-state index contributed by atoms with van der Waals surface area (Å²) in [6.45, 7) is 5.17. The number of alkyl halides is 3. The number of methoxy groups -OCH3 is 1. The summed E-state index contributed by atoms with van der Waals surface area (Å²) in [5, 5.41) is 0. The first kappa shape index (κ1) is 19.4. The lowest BCUT2D eigenvalue weighted by Gasteiger charge is -2.21. The van der Waals surface area contributed by atoms with Crippen molar-refractivity contribution in [2.45, 2.75) is 32.5 Å². The van der Waals surface area contributed by atoms with Crippen molar-refractivity contribution in [3.63, 3.8) is 0 Å². The van der Waals surface area contributed by atoms with E-state index in [1.807, 2.05) is 0 Å². The van der Waals surface area contributed by atoms with E-state index in [1.165, 1.54) is 23.9 Å². The maximum atomic E-state index is 12.9. The summed E-state index contributed by atoms with van der Waals surface area (Å²) in [5.74, 6) is 0.00485. The molecule has 0 aliphatic carbocycles. The van der Waals surface area contributed by atoms with Gasteiger partial charge in [-0.25, -0.2) is 4.79 Å². The maximum absolute atomic E-state index is 12.9. The van der Waals surface area contributed by atoms with Crippen molar-refractivity contribution >= 4 is 22.0 Å². The van der Waals surface area contributed by atoms with Crippen LogP contribution in [0.3, 0.4) is 0 Å². The molecule has 2 rings (SSSR count). The van der Waals surface area contributed by atoms with E-state index in [4.69, 9.17) is 9.47 Å². The first-order chi connectivity index (χ1) is 11.4. The zero-order valence-corrected chi connectivity index (χ0v) is 15.7. The summed E-state index contributed by atoms with van der Waals surface area (Å²) < 4.78 is 50.9. The largest absolute Gasteiger partial charge is 0.496 e. The highest BCUT2D eigenvalue weighted by atomic mass is 79.9. The molecule has 25 heavy (non-hydrogen) atoms. The Labute approximate surface area is 151 Å². The molecule has 0 radical (unpaired) electrons. The average Bonchev–Trinajstić information content (AvgIpc) is 2.86. The molecule has 0 amide bonds. The first-order valence-electron chi connectivity index (χ1n) is 7.29. The third-order valence-corrected chi connectivity index (χ3v) is 3.62. The number of ether oxygens (including phenoxy) is 2. The second-order valence-electron chi connectivity index (χ2n) is 6.31. The van der Waals surface area contributed by atoms with Gasteiger partial charge in [-0.05, 0) is 61.0 Å². The van der Waals surface area contributed by atoms with E-state index in [0.717, 1.165) is 12.1 Å². The smallest absolute Gasteiger partial charge is 0.419 e. The standard InChI is InChI=1S/C17H17BrF3NO3/c1-16(2,3)25-15(23)22-9-11(18)8-13(22)12-6-5-10(17(19,20)21)7-14(12)24-4/h5-9H,1-4H3. The molecule has 0 spiro atoms. The minimum Gasteiger partial charge on any atom is -0.496 e. The van der Waals surface area contributed by atoms with Gasteiger partial charge in [0.15, 0.2) is 0 Å². The molecule has 0 unspecified atom stereocenters. The highest BCUT2D eigenvalue weighted by Gasteiger charge is 2.32. The van der Waals surface area contributed by atoms with Crippen molar-refractivity contribution in [3.8, 4) is 17.0 Å². The third kappa shape index (κ3) is 4.56. The third-order valence-electron chi connectivity index (χ3n) is 3.18. The van der Waals surface area contributed by atoms with Gasteiger partial charge in [-0.15, -0.1) is 0 Å². The van der Waals surface area contributed by atoms with Gasteiger partial charge in [0, 0.05) is 16.2 Å². The van der Waals surface area contributed by atoms with Crippen LogP contribution in [0.15, 0.2) is 34.9 Å². The summed E-state index contributed by atoms with van der Waals surface area (Å²) in [4.78, 5) is 12.4. The van der Waals surface area contributed by atoms with Crippen LogP contribution < -0.4 is 4.74 Å². The highest BCUT2D eigenvalue weighted by molar-refractivity contribution is 9.10. The van der Waals surface area contributed by atoms with Gasteiger partial charge < -0.3 is 9.47 Å². The molecule has 0 saturated heterocycles. The fraction of sp³-hybridized carbons (Fsp3) is 0.353. The number of carbonyl (C=O) groups excluding carboxylic acids is 1. The molecule has 4 nitrogen and oxygen atoms in total. The lowest BCUT2D eigenvalue weighted by molar-refractivity contribution is -0.137. The molecule has 0 aliphatic heterocycles. The first-order valence-corrected chi connectivity index (χ1v) is 8.08. The Bertz CT molecular complexity index is 791. The van der Waals surface area contributed by atoms with Gasteiger partial charge in [-0.3, -0.25) is 4.57 Å².